The average Bonchev–Trinajstić information content (AvgIpc) is 2.39. The predicted molar refractivity (Wildman–Crippen MR) is 75.4 cm³/mol. The minimum Gasteiger partial charge on any atom is -0.371 e. The lowest BCUT2D eigenvalue weighted by atomic mass is 10.0. The van der Waals surface area contributed by atoms with E-state index in [1.807, 2.05) is 0 Å². The summed E-state index contributed by atoms with van der Waals surface area (Å²) in [5.41, 5.74) is 5.41. The minimum atomic E-state index is 0.0498. The molecule has 0 spiro atoms. The summed E-state index contributed by atoms with van der Waals surface area (Å²) in [5, 5.41) is 0. The summed E-state index contributed by atoms with van der Waals surface area (Å²) in [7, 11) is 1.80. The number of carbonyl (C=O) groups is 1. The molecule has 0 aromatic carbocycles. The lowest BCUT2D eigenvalue weighted by Gasteiger charge is -2.18. The molecule has 0 saturated heterocycles. The molecule has 2 N–H and O–H groups in total. The summed E-state index contributed by atoms with van der Waals surface area (Å²) in [5.74, 6) is 0.640. The van der Waals surface area contributed by atoms with E-state index in [-0.39, 0.29) is 12.5 Å². The van der Waals surface area contributed by atoms with Crippen molar-refractivity contribution in [3.05, 3.63) is 0 Å². The van der Waals surface area contributed by atoms with Crippen molar-refractivity contribution in [2.24, 2.45) is 11.7 Å². The zero-order valence-electron chi connectivity index (χ0n) is 12.3. The van der Waals surface area contributed by atoms with Crippen LogP contribution in [-0.4, -0.2) is 44.2 Å². The highest BCUT2D eigenvalue weighted by Gasteiger charge is 2.10. The fourth-order valence-electron chi connectivity index (χ4n) is 1.77. The van der Waals surface area contributed by atoms with E-state index in [2.05, 4.69) is 13.8 Å². The van der Waals surface area contributed by atoms with Crippen molar-refractivity contribution >= 4 is 5.91 Å². The number of ether oxygens (including phenoxy) is 1. The second-order valence-corrected chi connectivity index (χ2v) is 4.89. The van der Waals surface area contributed by atoms with Crippen molar-refractivity contribution < 1.29 is 9.53 Å². The van der Waals surface area contributed by atoms with Crippen LogP contribution in [0, 0.1) is 5.92 Å². The summed E-state index contributed by atoms with van der Waals surface area (Å²) >= 11 is 0. The van der Waals surface area contributed by atoms with Crippen molar-refractivity contribution in [2.45, 2.75) is 46.0 Å². The molecular weight excluding hydrogens is 228 g/mol. The predicted octanol–water partition coefficient (Wildman–Crippen LogP) is 2.03. The Labute approximate surface area is 112 Å². The first-order chi connectivity index (χ1) is 8.65. The molecule has 0 aliphatic rings. The van der Waals surface area contributed by atoms with Gasteiger partial charge in [-0.3, -0.25) is 4.79 Å². The molecule has 1 unspecified atom stereocenters. The minimum absolute atomic E-state index is 0.0498. The lowest BCUT2D eigenvalue weighted by molar-refractivity contribution is -0.135. The Hall–Kier alpha value is -0.610. The molecule has 0 aromatic heterocycles. The zero-order chi connectivity index (χ0) is 13.8. The quantitative estimate of drug-likeness (QED) is 0.617. The van der Waals surface area contributed by atoms with Crippen LogP contribution in [0.1, 0.15) is 46.0 Å². The molecule has 0 heterocycles. The summed E-state index contributed by atoms with van der Waals surface area (Å²) in [6.07, 6.45) is 5.63. The van der Waals surface area contributed by atoms with Gasteiger partial charge >= 0.3 is 0 Å². The first-order valence-electron chi connectivity index (χ1n) is 7.17. The summed E-state index contributed by atoms with van der Waals surface area (Å²) in [4.78, 5) is 13.4. The Kier molecular flexibility index (Phi) is 11.1. The van der Waals surface area contributed by atoms with Crippen molar-refractivity contribution in [1.29, 1.82) is 0 Å². The van der Waals surface area contributed by atoms with Gasteiger partial charge in [-0.2, -0.15) is 0 Å². The topological polar surface area (TPSA) is 55.6 Å². The monoisotopic (exact) mass is 258 g/mol. The summed E-state index contributed by atoms with van der Waals surface area (Å²) in [6.45, 7) is 6.61. The number of unbranched alkanes of at least 4 members (excludes halogenated alkanes) is 1. The van der Waals surface area contributed by atoms with Gasteiger partial charge in [0.25, 0.3) is 0 Å². The molecular formula is C14H30N2O2. The molecule has 0 bridgehead atoms. The molecule has 0 radical (unpaired) electrons. The maximum Gasteiger partial charge on any atom is 0.248 e. The van der Waals surface area contributed by atoms with Crippen LogP contribution < -0.4 is 5.73 Å². The Bertz CT molecular complexity index is 210. The molecule has 4 heteroatoms. The van der Waals surface area contributed by atoms with Crippen LogP contribution in [0.15, 0.2) is 0 Å². The number of likely N-dealkylation sites (N-methyl/N-ethyl adjacent to an activating group) is 1. The second kappa shape index (κ2) is 11.5. The Morgan fingerprint density at radius 2 is 2.06 bits per heavy atom. The van der Waals surface area contributed by atoms with E-state index in [1.165, 1.54) is 19.3 Å². The van der Waals surface area contributed by atoms with Crippen LogP contribution in [-0.2, 0) is 9.53 Å². The molecule has 0 fully saturated rings. The number of hydrogen-bond acceptors (Lipinski definition) is 3. The molecule has 0 aliphatic heterocycles. The molecule has 18 heavy (non-hydrogen) atoms. The van der Waals surface area contributed by atoms with Crippen LogP contribution in [0.2, 0.25) is 0 Å². The van der Waals surface area contributed by atoms with Crippen LogP contribution >= 0.6 is 0 Å². The van der Waals surface area contributed by atoms with E-state index in [0.717, 1.165) is 12.8 Å². The second-order valence-electron chi connectivity index (χ2n) is 4.89. The Morgan fingerprint density at radius 1 is 1.33 bits per heavy atom. The largest absolute Gasteiger partial charge is 0.371 e. The van der Waals surface area contributed by atoms with Gasteiger partial charge in [0.15, 0.2) is 0 Å². The summed E-state index contributed by atoms with van der Waals surface area (Å²) < 4.78 is 5.52. The molecule has 0 saturated carbocycles. The normalized spacial score (nSPS) is 12.4. The maximum absolute atomic E-state index is 11.7. The average molecular weight is 258 g/mol. The number of nitrogens with two attached hydrogens (primary N) is 1. The van der Waals surface area contributed by atoms with E-state index < -0.39 is 0 Å². The molecule has 0 rings (SSSR count). The number of rotatable bonds is 11. The number of nitrogens with zero attached hydrogens (tertiary/aromatic N) is 1. The van der Waals surface area contributed by atoms with Gasteiger partial charge in [-0.25, -0.2) is 0 Å². The standard InChI is InChI=1S/C14H30N2O2/c1-4-6-8-13(5-2)11-18-12-14(17)16(3)10-7-9-15/h13H,4-12,15H2,1-3H3. The third kappa shape index (κ3) is 8.48. The smallest absolute Gasteiger partial charge is 0.248 e. The first-order valence-corrected chi connectivity index (χ1v) is 7.17. The van der Waals surface area contributed by atoms with Gasteiger partial charge in [0, 0.05) is 13.6 Å². The van der Waals surface area contributed by atoms with E-state index in [1.54, 1.807) is 11.9 Å². The highest BCUT2D eigenvalue weighted by Crippen LogP contribution is 2.12. The number of amides is 1. The van der Waals surface area contributed by atoms with Crippen LogP contribution in [0.5, 0.6) is 0 Å². The van der Waals surface area contributed by atoms with E-state index in [4.69, 9.17) is 10.5 Å². The fourth-order valence-corrected chi connectivity index (χ4v) is 1.77. The number of hydrogen-bond donors (Lipinski definition) is 1. The van der Waals surface area contributed by atoms with E-state index in [0.29, 0.717) is 25.6 Å². The van der Waals surface area contributed by atoms with Gasteiger partial charge in [0.05, 0.1) is 6.61 Å². The van der Waals surface area contributed by atoms with Crippen molar-refractivity contribution in [3.63, 3.8) is 0 Å². The van der Waals surface area contributed by atoms with E-state index >= 15 is 0 Å². The molecule has 4 nitrogen and oxygen atoms in total. The first kappa shape index (κ1) is 17.4. The van der Waals surface area contributed by atoms with Crippen LogP contribution in [0.3, 0.4) is 0 Å². The Morgan fingerprint density at radius 3 is 2.61 bits per heavy atom. The van der Waals surface area contributed by atoms with Crippen LogP contribution in [0.25, 0.3) is 0 Å². The van der Waals surface area contributed by atoms with Gasteiger partial charge < -0.3 is 15.4 Å². The van der Waals surface area contributed by atoms with Gasteiger partial charge in [0.2, 0.25) is 5.91 Å². The third-order valence-electron chi connectivity index (χ3n) is 3.25. The van der Waals surface area contributed by atoms with Crippen molar-refractivity contribution in [3.8, 4) is 0 Å². The molecule has 0 aromatic rings. The Balaban J connectivity index is 3.70. The van der Waals surface area contributed by atoms with Crippen molar-refractivity contribution in [2.75, 3.05) is 33.4 Å². The van der Waals surface area contributed by atoms with Crippen LogP contribution in [0.4, 0.5) is 0 Å². The molecule has 108 valence electrons. The summed E-state index contributed by atoms with van der Waals surface area (Å²) in [6, 6.07) is 0. The molecule has 1 atom stereocenters. The highest BCUT2D eigenvalue weighted by atomic mass is 16.5. The van der Waals surface area contributed by atoms with Gasteiger partial charge in [-0.05, 0) is 25.3 Å². The molecule has 0 aliphatic carbocycles. The fraction of sp³-hybridized carbons (Fsp3) is 0.929. The zero-order valence-corrected chi connectivity index (χ0v) is 12.3. The molecule has 1 amide bonds. The van der Waals surface area contributed by atoms with Crippen molar-refractivity contribution in [1.82, 2.24) is 4.90 Å². The van der Waals surface area contributed by atoms with E-state index in [9.17, 15) is 4.79 Å². The number of carbonyl (C=O) groups excluding carboxylic acids is 1. The lowest BCUT2D eigenvalue weighted by Crippen LogP contribution is -2.32. The van der Waals surface area contributed by atoms with Gasteiger partial charge in [-0.15, -0.1) is 0 Å². The maximum atomic E-state index is 11.7. The van der Waals surface area contributed by atoms with Gasteiger partial charge in [-0.1, -0.05) is 33.1 Å². The highest BCUT2D eigenvalue weighted by molar-refractivity contribution is 5.77. The van der Waals surface area contributed by atoms with Gasteiger partial charge in [0.1, 0.15) is 6.61 Å². The SMILES string of the molecule is CCCCC(CC)COCC(=O)N(C)CCCN. The third-order valence-corrected chi connectivity index (χ3v) is 3.25.